The highest BCUT2D eigenvalue weighted by Crippen LogP contribution is 2.26. The minimum absolute atomic E-state index is 0.0897. The molecule has 1 rings (SSSR count). The highest BCUT2D eigenvalue weighted by Gasteiger charge is 2.03. The Kier molecular flexibility index (Phi) is 7.83. The molecule has 0 aliphatic heterocycles. The largest absolute Gasteiger partial charge is 0.504 e. The summed E-state index contributed by atoms with van der Waals surface area (Å²) in [7, 11) is 1.49. The van der Waals surface area contributed by atoms with Crippen LogP contribution in [0.5, 0.6) is 11.5 Å². The number of unbranched alkanes of at least 4 members (excludes halogenated alkanes) is 1. The Hall–Kier alpha value is -2.23. The zero-order valence-electron chi connectivity index (χ0n) is 13.5. The number of carbonyl (C=O) groups excluding carboxylic acids is 1. The van der Waals surface area contributed by atoms with Gasteiger partial charge in [-0.15, -0.1) is 0 Å². The fourth-order valence-corrected chi connectivity index (χ4v) is 1.83. The highest BCUT2D eigenvalue weighted by atomic mass is 16.5. The summed E-state index contributed by atoms with van der Waals surface area (Å²) in [5, 5.41) is 12.3. The maximum absolute atomic E-state index is 11.7. The minimum Gasteiger partial charge on any atom is -0.504 e. The average molecular weight is 303 g/mol. The predicted molar refractivity (Wildman–Crippen MR) is 88.9 cm³/mol. The van der Waals surface area contributed by atoms with E-state index < -0.39 is 0 Å². The summed E-state index contributed by atoms with van der Waals surface area (Å²) < 4.78 is 5.03. The molecule has 4 heteroatoms. The molecule has 0 saturated carbocycles. The zero-order chi connectivity index (χ0) is 16.4. The molecule has 0 fully saturated rings. The predicted octanol–water partition coefficient (Wildman–Crippen LogP) is 3.57. The summed E-state index contributed by atoms with van der Waals surface area (Å²) in [5.74, 6) is 0.931. The number of rotatable bonds is 8. The lowest BCUT2D eigenvalue weighted by Gasteiger charge is -2.07. The summed E-state index contributed by atoms with van der Waals surface area (Å²) in [6.07, 6.45) is 9.51. The molecule has 1 amide bonds. The lowest BCUT2D eigenvalue weighted by Crippen LogP contribution is -2.20. The van der Waals surface area contributed by atoms with Crippen LogP contribution in [0.3, 0.4) is 0 Å². The van der Waals surface area contributed by atoms with Gasteiger partial charge in [-0.05, 0) is 42.5 Å². The number of nitrogens with one attached hydrogen (secondary N) is 1. The number of ether oxygens (including phenoxy) is 1. The standard InChI is InChI=1S/C18H25NO3/c1-14(2)8-6-4-5-7-9-18(21)19-13-15-10-11-16(20)17(12-15)22-3/h6-12,14,20H,4-5,13H2,1-3H3,(H,19,21)/b8-6+,9-7+. The zero-order valence-corrected chi connectivity index (χ0v) is 13.5. The number of phenols is 1. The number of hydrogen-bond acceptors (Lipinski definition) is 3. The van der Waals surface area contributed by atoms with Gasteiger partial charge < -0.3 is 15.2 Å². The molecule has 0 aliphatic carbocycles. The van der Waals surface area contributed by atoms with Gasteiger partial charge in [-0.2, -0.15) is 0 Å². The van der Waals surface area contributed by atoms with Gasteiger partial charge >= 0.3 is 0 Å². The molecule has 0 spiro atoms. The van der Waals surface area contributed by atoms with Crippen molar-refractivity contribution in [2.45, 2.75) is 33.2 Å². The van der Waals surface area contributed by atoms with Gasteiger partial charge in [0, 0.05) is 6.54 Å². The summed E-state index contributed by atoms with van der Waals surface area (Å²) in [6, 6.07) is 5.01. The maximum Gasteiger partial charge on any atom is 0.243 e. The molecule has 0 aliphatic rings. The van der Waals surface area contributed by atoms with Crippen molar-refractivity contribution in [2.75, 3.05) is 7.11 Å². The molecule has 0 aromatic heterocycles. The van der Waals surface area contributed by atoms with E-state index in [0.29, 0.717) is 18.2 Å². The molecule has 0 saturated heterocycles. The van der Waals surface area contributed by atoms with E-state index in [9.17, 15) is 9.90 Å². The lowest BCUT2D eigenvalue weighted by atomic mass is 10.2. The van der Waals surface area contributed by atoms with Crippen LogP contribution < -0.4 is 10.1 Å². The number of benzene rings is 1. The van der Waals surface area contributed by atoms with E-state index in [1.54, 1.807) is 24.3 Å². The SMILES string of the molecule is COc1cc(CNC(=O)/C=C/CC/C=C/C(C)C)ccc1O. The second kappa shape index (κ2) is 9.66. The molecule has 0 heterocycles. The first-order valence-electron chi connectivity index (χ1n) is 7.50. The van der Waals surface area contributed by atoms with Crippen LogP contribution >= 0.6 is 0 Å². The van der Waals surface area contributed by atoms with Crippen molar-refractivity contribution in [3.05, 3.63) is 48.1 Å². The molecule has 0 atom stereocenters. The molecule has 0 radical (unpaired) electrons. The first-order valence-corrected chi connectivity index (χ1v) is 7.50. The fraction of sp³-hybridized carbons (Fsp3) is 0.389. The minimum atomic E-state index is -0.125. The third-order valence-corrected chi connectivity index (χ3v) is 3.00. The number of hydrogen-bond donors (Lipinski definition) is 2. The van der Waals surface area contributed by atoms with E-state index in [1.165, 1.54) is 7.11 Å². The van der Waals surface area contributed by atoms with Gasteiger partial charge in [0.05, 0.1) is 7.11 Å². The Morgan fingerprint density at radius 2 is 2.05 bits per heavy atom. The molecule has 0 bridgehead atoms. The second-order valence-electron chi connectivity index (χ2n) is 5.38. The summed E-state index contributed by atoms with van der Waals surface area (Å²) in [4.78, 5) is 11.7. The fourth-order valence-electron chi connectivity index (χ4n) is 1.83. The molecule has 22 heavy (non-hydrogen) atoms. The quantitative estimate of drug-likeness (QED) is 0.438. The molecular formula is C18H25NO3. The van der Waals surface area contributed by atoms with Crippen molar-refractivity contribution in [3.8, 4) is 11.5 Å². The van der Waals surface area contributed by atoms with Crippen LogP contribution in [-0.4, -0.2) is 18.1 Å². The van der Waals surface area contributed by atoms with Crippen molar-refractivity contribution < 1.29 is 14.6 Å². The van der Waals surface area contributed by atoms with E-state index in [4.69, 9.17) is 4.74 Å². The van der Waals surface area contributed by atoms with Crippen LogP contribution in [0.2, 0.25) is 0 Å². The normalized spacial score (nSPS) is 11.5. The topological polar surface area (TPSA) is 58.6 Å². The number of carbonyl (C=O) groups is 1. The van der Waals surface area contributed by atoms with E-state index in [2.05, 4.69) is 31.3 Å². The van der Waals surface area contributed by atoms with Gasteiger partial charge in [0.1, 0.15) is 0 Å². The summed E-state index contributed by atoms with van der Waals surface area (Å²) >= 11 is 0. The number of allylic oxidation sites excluding steroid dienone is 3. The van der Waals surface area contributed by atoms with Gasteiger partial charge in [-0.1, -0.05) is 38.1 Å². The van der Waals surface area contributed by atoms with Crippen LogP contribution in [-0.2, 0) is 11.3 Å². The molecule has 4 nitrogen and oxygen atoms in total. The molecular weight excluding hydrogens is 278 g/mol. The van der Waals surface area contributed by atoms with Crippen LogP contribution in [0.25, 0.3) is 0 Å². The van der Waals surface area contributed by atoms with Crippen molar-refractivity contribution in [2.24, 2.45) is 5.92 Å². The van der Waals surface area contributed by atoms with Crippen LogP contribution in [0.4, 0.5) is 0 Å². The number of amides is 1. The number of methoxy groups -OCH3 is 1. The Bertz CT molecular complexity index is 533. The van der Waals surface area contributed by atoms with Crippen molar-refractivity contribution in [1.82, 2.24) is 5.32 Å². The molecule has 1 aromatic rings. The van der Waals surface area contributed by atoms with E-state index >= 15 is 0 Å². The second-order valence-corrected chi connectivity index (χ2v) is 5.38. The summed E-state index contributed by atoms with van der Waals surface area (Å²) in [6.45, 7) is 4.67. The lowest BCUT2D eigenvalue weighted by molar-refractivity contribution is -0.116. The Morgan fingerprint density at radius 3 is 2.73 bits per heavy atom. The number of phenolic OH excluding ortho intramolecular Hbond substituents is 1. The van der Waals surface area contributed by atoms with Gasteiger partial charge in [0.25, 0.3) is 0 Å². The Labute approximate surface area is 132 Å². The first-order chi connectivity index (χ1) is 10.5. The molecule has 0 unspecified atom stereocenters. The van der Waals surface area contributed by atoms with Crippen molar-refractivity contribution in [3.63, 3.8) is 0 Å². The van der Waals surface area contributed by atoms with Crippen molar-refractivity contribution >= 4 is 5.91 Å². The van der Waals surface area contributed by atoms with E-state index in [1.807, 2.05) is 6.08 Å². The van der Waals surface area contributed by atoms with Crippen LogP contribution in [0.15, 0.2) is 42.5 Å². The van der Waals surface area contributed by atoms with Crippen molar-refractivity contribution in [1.29, 1.82) is 0 Å². The Morgan fingerprint density at radius 1 is 1.32 bits per heavy atom. The number of aromatic hydroxyl groups is 1. The third-order valence-electron chi connectivity index (χ3n) is 3.00. The van der Waals surface area contributed by atoms with Crippen LogP contribution in [0.1, 0.15) is 32.3 Å². The molecule has 1 aromatic carbocycles. The highest BCUT2D eigenvalue weighted by molar-refractivity contribution is 5.87. The summed E-state index contributed by atoms with van der Waals surface area (Å²) in [5.41, 5.74) is 0.872. The van der Waals surface area contributed by atoms with E-state index in [-0.39, 0.29) is 11.7 Å². The third kappa shape index (κ3) is 6.97. The van der Waals surface area contributed by atoms with E-state index in [0.717, 1.165) is 18.4 Å². The van der Waals surface area contributed by atoms with Gasteiger partial charge in [0.15, 0.2) is 11.5 Å². The monoisotopic (exact) mass is 303 g/mol. The Balaban J connectivity index is 2.34. The van der Waals surface area contributed by atoms with Crippen LogP contribution in [0, 0.1) is 5.92 Å². The maximum atomic E-state index is 11.7. The average Bonchev–Trinajstić information content (AvgIpc) is 2.49. The van der Waals surface area contributed by atoms with Gasteiger partial charge in [-0.3, -0.25) is 4.79 Å². The smallest absolute Gasteiger partial charge is 0.243 e. The van der Waals surface area contributed by atoms with Gasteiger partial charge in [0.2, 0.25) is 5.91 Å². The molecule has 120 valence electrons. The van der Waals surface area contributed by atoms with Gasteiger partial charge in [-0.25, -0.2) is 0 Å². The first kappa shape index (κ1) is 17.8. The molecule has 2 N–H and O–H groups in total.